The minimum Gasteiger partial charge on any atom is -0.392 e. The molecule has 1 aliphatic rings. The Balaban J connectivity index is 0.00000441. The van der Waals surface area contributed by atoms with E-state index >= 15 is 0 Å². The predicted molar refractivity (Wildman–Crippen MR) is 89.7 cm³/mol. The number of carbonyl (C=O) groups excluding carboxylic acids is 2. The van der Waals surface area contributed by atoms with Crippen LogP contribution in [-0.4, -0.2) is 54.1 Å². The van der Waals surface area contributed by atoms with Crippen LogP contribution >= 0.6 is 0 Å². The first-order valence-electron chi connectivity index (χ1n) is 8.72. The Kier molecular flexibility index (Phi) is 14.7. The van der Waals surface area contributed by atoms with Gasteiger partial charge in [0.2, 0.25) is 0 Å². The molecule has 1 N–H and O–H groups in total. The molecule has 0 unspecified atom stereocenters. The summed E-state index contributed by atoms with van der Waals surface area (Å²) >= 11 is 0. The number of unbranched alkanes of at least 4 members (excludes halogenated alkanes) is 8. The number of carbonyl (C=O) groups is 2. The van der Waals surface area contributed by atoms with E-state index in [-0.39, 0.29) is 41.6 Å². The predicted octanol–water partition coefficient (Wildman–Crippen LogP) is 3.35. The summed E-state index contributed by atoms with van der Waals surface area (Å²) in [5.74, 6) is -0.759. The first-order chi connectivity index (χ1) is 10.2. The van der Waals surface area contributed by atoms with Crippen LogP contribution in [0.15, 0.2) is 0 Å². The van der Waals surface area contributed by atoms with Gasteiger partial charge in [-0.05, 0) is 25.8 Å². The van der Waals surface area contributed by atoms with Gasteiger partial charge in [0.05, 0.1) is 0 Å². The van der Waals surface area contributed by atoms with Gasteiger partial charge in [-0.1, -0.05) is 58.3 Å². The van der Waals surface area contributed by atoms with Crippen molar-refractivity contribution in [2.75, 3.05) is 6.54 Å². The van der Waals surface area contributed by atoms with Crippen LogP contribution in [0.1, 0.15) is 84.0 Å². The zero-order valence-corrected chi connectivity index (χ0v) is 16.5. The fourth-order valence-corrected chi connectivity index (χ4v) is 2.70. The molecule has 0 aromatic rings. The van der Waals surface area contributed by atoms with Crippen molar-refractivity contribution in [2.24, 2.45) is 0 Å². The van der Waals surface area contributed by atoms with Crippen molar-refractivity contribution in [1.29, 1.82) is 0 Å². The van der Waals surface area contributed by atoms with Gasteiger partial charge in [0.1, 0.15) is 6.04 Å². The maximum Gasteiger partial charge on any atom is 0.330 e. The molecule has 0 aromatic heterocycles. The van der Waals surface area contributed by atoms with Gasteiger partial charge in [0.25, 0.3) is 0 Å². The van der Waals surface area contributed by atoms with Crippen molar-refractivity contribution in [2.45, 2.75) is 90.0 Å². The maximum absolute atomic E-state index is 11.6. The number of ether oxygens (including phenoxy) is 1. The van der Waals surface area contributed by atoms with Crippen LogP contribution in [0.2, 0.25) is 0 Å². The smallest absolute Gasteiger partial charge is 0.330 e. The normalized spacial score (nSPS) is 17.0. The maximum atomic E-state index is 11.6. The Labute approximate surface area is 157 Å². The number of rotatable bonds is 11. The van der Waals surface area contributed by atoms with Gasteiger partial charge in [0.15, 0.2) is 0 Å². The Morgan fingerprint density at radius 1 is 1.00 bits per heavy atom. The number of nitrogens with one attached hydrogen (secondary N) is 1. The summed E-state index contributed by atoms with van der Waals surface area (Å²) in [6.07, 6.45) is 13.1. The summed E-state index contributed by atoms with van der Waals surface area (Å²) in [5, 5.41) is 3.04. The van der Waals surface area contributed by atoms with E-state index < -0.39 is 5.97 Å². The van der Waals surface area contributed by atoms with Crippen molar-refractivity contribution in [3.8, 4) is 0 Å². The van der Waals surface area contributed by atoms with Crippen LogP contribution in [0.3, 0.4) is 0 Å². The van der Waals surface area contributed by atoms with Gasteiger partial charge in [-0.25, -0.2) is 4.79 Å². The second-order valence-corrected chi connectivity index (χ2v) is 6.02. The quantitative estimate of drug-likeness (QED) is 0.274. The Morgan fingerprint density at radius 2 is 1.59 bits per heavy atom. The molecule has 1 saturated heterocycles. The van der Waals surface area contributed by atoms with Gasteiger partial charge < -0.3 is 10.1 Å². The van der Waals surface area contributed by atoms with E-state index in [0.29, 0.717) is 6.42 Å². The molecule has 0 aliphatic carbocycles. The molecule has 1 fully saturated rings. The molecule has 0 aromatic carbocycles. The Morgan fingerprint density at radius 3 is 2.14 bits per heavy atom. The fraction of sp³-hybridized carbons (Fsp3) is 0.882. The number of hydrogen-bond donors (Lipinski definition) is 1. The molecule has 0 amide bonds. The number of esters is 2. The fourth-order valence-electron chi connectivity index (χ4n) is 2.70. The van der Waals surface area contributed by atoms with E-state index in [0.717, 1.165) is 32.2 Å². The van der Waals surface area contributed by atoms with Crippen molar-refractivity contribution < 1.29 is 14.3 Å². The molecule has 5 heteroatoms. The zero-order chi connectivity index (χ0) is 15.3. The third kappa shape index (κ3) is 10.8. The Bertz CT molecular complexity index is 304. The molecule has 1 heterocycles. The molecule has 4 nitrogen and oxygen atoms in total. The average Bonchev–Trinajstić information content (AvgIpc) is 3.00. The second kappa shape index (κ2) is 14.7. The van der Waals surface area contributed by atoms with Gasteiger partial charge in [0, 0.05) is 36.0 Å². The van der Waals surface area contributed by atoms with Crippen molar-refractivity contribution in [3.05, 3.63) is 0 Å². The average molecular weight is 320 g/mol. The minimum absolute atomic E-state index is 0. The van der Waals surface area contributed by atoms with Crippen molar-refractivity contribution in [3.63, 3.8) is 0 Å². The van der Waals surface area contributed by atoms with Crippen LogP contribution in [0.25, 0.3) is 0 Å². The summed E-state index contributed by atoms with van der Waals surface area (Å²) in [6, 6.07) is -0.267. The summed E-state index contributed by atoms with van der Waals surface area (Å²) in [5.41, 5.74) is 0. The van der Waals surface area contributed by atoms with E-state index in [4.69, 9.17) is 4.74 Å². The Hall–Kier alpha value is 0.1000. The largest absolute Gasteiger partial charge is 0.392 e. The van der Waals surface area contributed by atoms with E-state index in [1.165, 1.54) is 44.9 Å². The van der Waals surface area contributed by atoms with E-state index in [2.05, 4.69) is 12.2 Å². The second-order valence-electron chi connectivity index (χ2n) is 6.02. The van der Waals surface area contributed by atoms with E-state index in [1.54, 1.807) is 0 Å². The first kappa shape index (κ1) is 22.1. The summed E-state index contributed by atoms with van der Waals surface area (Å²) in [6.45, 7) is 3.07. The van der Waals surface area contributed by atoms with Gasteiger partial charge in [-0.3, -0.25) is 4.79 Å². The molecular weight excluding hydrogens is 289 g/mol. The minimum atomic E-state index is -0.395. The van der Waals surface area contributed by atoms with Gasteiger partial charge >= 0.3 is 11.9 Å². The van der Waals surface area contributed by atoms with E-state index in [1.807, 2.05) is 0 Å². The van der Waals surface area contributed by atoms with Crippen molar-refractivity contribution >= 4 is 41.5 Å². The molecule has 0 bridgehead atoms. The standard InChI is InChI=1S/C17H31NO3.Na/c1-2-3-4-5-6-7-8-9-10-13-16(19)21-17(20)15-12-11-14-18-15;/h15,18H,2-14H2,1H3;/t15-;/m0./s1. The third-order valence-electron chi connectivity index (χ3n) is 4.04. The molecule has 0 saturated carbocycles. The first-order valence-corrected chi connectivity index (χ1v) is 8.72. The van der Waals surface area contributed by atoms with Crippen LogP contribution in [-0.2, 0) is 14.3 Å². The van der Waals surface area contributed by atoms with Crippen LogP contribution in [0.4, 0.5) is 0 Å². The van der Waals surface area contributed by atoms with Gasteiger partial charge in [-0.2, -0.15) is 0 Å². The molecule has 123 valence electrons. The topological polar surface area (TPSA) is 55.4 Å². The van der Waals surface area contributed by atoms with Crippen LogP contribution in [0.5, 0.6) is 0 Å². The molecule has 1 aliphatic heterocycles. The molecular formula is C17H31NNaO3. The molecule has 1 atom stereocenters. The van der Waals surface area contributed by atoms with Crippen LogP contribution < -0.4 is 5.32 Å². The summed E-state index contributed by atoms with van der Waals surface area (Å²) in [7, 11) is 0. The summed E-state index contributed by atoms with van der Waals surface area (Å²) in [4.78, 5) is 23.2. The SMILES string of the molecule is CCCCCCCCCCCC(=O)OC(=O)[C@@H]1CCCN1.[Na]. The molecule has 1 rings (SSSR count). The van der Waals surface area contributed by atoms with Gasteiger partial charge in [-0.15, -0.1) is 0 Å². The molecule has 22 heavy (non-hydrogen) atoms. The molecule has 1 radical (unpaired) electrons. The molecule has 0 spiro atoms. The summed E-state index contributed by atoms with van der Waals surface area (Å²) < 4.78 is 4.87. The zero-order valence-electron chi connectivity index (χ0n) is 14.5. The van der Waals surface area contributed by atoms with Crippen molar-refractivity contribution in [1.82, 2.24) is 5.32 Å². The number of hydrogen-bond acceptors (Lipinski definition) is 4. The monoisotopic (exact) mass is 320 g/mol. The third-order valence-corrected chi connectivity index (χ3v) is 4.04. The van der Waals surface area contributed by atoms with Crippen LogP contribution in [0, 0.1) is 0 Å². The van der Waals surface area contributed by atoms with E-state index in [9.17, 15) is 9.59 Å².